The number of methoxy groups -OCH3 is 1. The van der Waals surface area contributed by atoms with Gasteiger partial charge in [-0.2, -0.15) is 0 Å². The molecule has 24 heavy (non-hydrogen) atoms. The largest absolute Gasteiger partial charge is 0.468 e. The van der Waals surface area contributed by atoms with E-state index in [1.165, 1.54) is 7.11 Å². The fourth-order valence-electron chi connectivity index (χ4n) is 2.49. The summed E-state index contributed by atoms with van der Waals surface area (Å²) < 4.78 is 5.89. The monoisotopic (exact) mass is 433 g/mol. The second kappa shape index (κ2) is 7.12. The molecule has 0 fully saturated rings. The highest BCUT2D eigenvalue weighted by atomic mass is 127. The number of esters is 1. The van der Waals surface area contributed by atoms with Crippen LogP contribution in [-0.2, 0) is 9.53 Å². The van der Waals surface area contributed by atoms with Gasteiger partial charge in [0, 0.05) is 28.4 Å². The van der Waals surface area contributed by atoms with Gasteiger partial charge in [-0.05, 0) is 70.1 Å². The predicted molar refractivity (Wildman–Crippen MR) is 103 cm³/mol. The Morgan fingerprint density at radius 2 is 1.96 bits per heavy atom. The number of fused-ring (bicyclic) bond motifs is 1. The van der Waals surface area contributed by atoms with E-state index in [1.54, 1.807) is 17.3 Å². The Hall–Kier alpha value is -2.22. The normalized spacial score (nSPS) is 10.6. The molecule has 5 nitrogen and oxygen atoms in total. The first-order valence-electron chi connectivity index (χ1n) is 7.37. The third-order valence-electron chi connectivity index (χ3n) is 3.73. The van der Waals surface area contributed by atoms with Crippen molar-refractivity contribution in [2.24, 2.45) is 0 Å². The Morgan fingerprint density at radius 3 is 2.67 bits per heavy atom. The summed E-state index contributed by atoms with van der Waals surface area (Å²) in [4.78, 5) is 22.1. The number of halogens is 1. The van der Waals surface area contributed by atoms with Crippen LogP contribution in [0.2, 0.25) is 0 Å². The number of pyridine rings is 2. The maximum absolute atomic E-state index is 11.6. The molecule has 3 rings (SSSR count). The minimum atomic E-state index is -0.299. The Labute approximate surface area is 153 Å². The van der Waals surface area contributed by atoms with E-state index < -0.39 is 0 Å². The molecule has 0 bridgehead atoms. The summed E-state index contributed by atoms with van der Waals surface area (Å²) in [5.74, 6) is 0.424. The molecule has 0 N–H and O–H groups in total. The van der Waals surface area contributed by atoms with Gasteiger partial charge in [-0.1, -0.05) is 0 Å². The van der Waals surface area contributed by atoms with E-state index >= 15 is 0 Å². The van der Waals surface area contributed by atoms with E-state index in [0.717, 1.165) is 31.4 Å². The zero-order valence-electron chi connectivity index (χ0n) is 13.4. The van der Waals surface area contributed by atoms with Crippen LogP contribution in [-0.4, -0.2) is 36.6 Å². The highest BCUT2D eigenvalue weighted by Crippen LogP contribution is 2.31. The molecule has 0 saturated heterocycles. The summed E-state index contributed by atoms with van der Waals surface area (Å²) in [6, 6.07) is 12.1. The second-order valence-corrected chi connectivity index (χ2v) is 6.60. The number of carbonyl (C=O) groups is 1. The quantitative estimate of drug-likeness (QED) is 0.466. The van der Waals surface area contributed by atoms with Crippen LogP contribution >= 0.6 is 22.6 Å². The third kappa shape index (κ3) is 3.48. The third-order valence-corrected chi connectivity index (χ3v) is 4.40. The summed E-state index contributed by atoms with van der Waals surface area (Å²) in [7, 11) is 3.21. The van der Waals surface area contributed by atoms with Crippen LogP contribution in [0.3, 0.4) is 0 Å². The Kier molecular flexibility index (Phi) is 4.94. The van der Waals surface area contributed by atoms with Gasteiger partial charge in [0.05, 0.1) is 12.6 Å². The summed E-state index contributed by atoms with van der Waals surface area (Å²) in [6.45, 7) is 0.148. The van der Waals surface area contributed by atoms with Gasteiger partial charge in [0.15, 0.2) is 0 Å². The number of hydrogen-bond donors (Lipinski definition) is 0. The van der Waals surface area contributed by atoms with Crippen molar-refractivity contribution in [1.82, 2.24) is 9.97 Å². The summed E-state index contributed by atoms with van der Waals surface area (Å²) in [5, 5.41) is 1.07. The van der Waals surface area contributed by atoms with Crippen molar-refractivity contribution >= 4 is 45.3 Å². The molecule has 0 saturated carbocycles. The molecular weight excluding hydrogens is 417 g/mol. The second-order valence-electron chi connectivity index (χ2n) is 5.36. The number of rotatable bonds is 4. The number of benzene rings is 1. The summed E-state index contributed by atoms with van der Waals surface area (Å²) in [5.41, 5.74) is 3.01. The van der Waals surface area contributed by atoms with Gasteiger partial charge in [0.1, 0.15) is 12.4 Å². The fraction of sp³-hybridized carbons (Fsp3) is 0.167. The smallest absolute Gasteiger partial charge is 0.325 e. The molecular formula is C18H16IN3O2. The van der Waals surface area contributed by atoms with Crippen molar-refractivity contribution in [1.29, 1.82) is 0 Å². The van der Waals surface area contributed by atoms with Gasteiger partial charge in [-0.3, -0.25) is 9.78 Å². The number of likely N-dealkylation sites (N-methyl/N-ethyl adjacent to an activating group) is 1. The minimum absolute atomic E-state index is 0.148. The molecule has 122 valence electrons. The summed E-state index contributed by atoms with van der Waals surface area (Å²) in [6.07, 6.45) is 3.54. The number of aromatic nitrogens is 2. The maximum atomic E-state index is 11.6. The van der Waals surface area contributed by atoms with Crippen molar-refractivity contribution in [2.45, 2.75) is 0 Å². The van der Waals surface area contributed by atoms with Gasteiger partial charge in [0.25, 0.3) is 0 Å². The molecule has 6 heteroatoms. The molecule has 0 unspecified atom stereocenters. The van der Waals surface area contributed by atoms with Crippen molar-refractivity contribution in [3.63, 3.8) is 0 Å². The van der Waals surface area contributed by atoms with Crippen molar-refractivity contribution < 1.29 is 9.53 Å². The van der Waals surface area contributed by atoms with E-state index in [0.29, 0.717) is 0 Å². The minimum Gasteiger partial charge on any atom is -0.468 e. The van der Waals surface area contributed by atoms with Gasteiger partial charge >= 0.3 is 5.97 Å². The van der Waals surface area contributed by atoms with E-state index in [9.17, 15) is 4.79 Å². The molecule has 2 heterocycles. The SMILES string of the molecule is COC(=O)CN(C)c1cc(-c2ccncc2)c2cc(I)ccc2n1. The number of carbonyl (C=O) groups excluding carboxylic acids is 1. The first kappa shape index (κ1) is 16.6. The van der Waals surface area contributed by atoms with E-state index in [1.807, 2.05) is 37.4 Å². The average Bonchev–Trinajstić information content (AvgIpc) is 2.61. The molecule has 0 radical (unpaired) electrons. The highest BCUT2D eigenvalue weighted by Gasteiger charge is 2.13. The van der Waals surface area contributed by atoms with Crippen LogP contribution in [0.1, 0.15) is 0 Å². The maximum Gasteiger partial charge on any atom is 0.325 e. The zero-order chi connectivity index (χ0) is 17.1. The molecule has 1 aromatic carbocycles. The first-order valence-corrected chi connectivity index (χ1v) is 8.45. The average molecular weight is 433 g/mol. The highest BCUT2D eigenvalue weighted by molar-refractivity contribution is 14.1. The van der Waals surface area contributed by atoms with Crippen LogP contribution < -0.4 is 4.90 Å². The Bertz CT molecular complexity index is 884. The van der Waals surface area contributed by atoms with Crippen LogP contribution in [0, 0.1) is 3.57 Å². The van der Waals surface area contributed by atoms with Crippen LogP contribution in [0.15, 0.2) is 48.8 Å². The number of nitrogens with zero attached hydrogens (tertiary/aromatic N) is 3. The van der Waals surface area contributed by atoms with Crippen molar-refractivity contribution in [3.05, 3.63) is 52.4 Å². The fourth-order valence-corrected chi connectivity index (χ4v) is 2.98. The molecule has 3 aromatic rings. The predicted octanol–water partition coefficient (Wildman–Crippen LogP) is 3.51. The lowest BCUT2D eigenvalue weighted by molar-refractivity contribution is -0.138. The molecule has 0 aliphatic heterocycles. The van der Waals surface area contributed by atoms with E-state index in [2.05, 4.69) is 38.6 Å². The lowest BCUT2D eigenvalue weighted by Crippen LogP contribution is -2.27. The number of anilines is 1. The standard InChI is InChI=1S/C18H16IN3O2/c1-22(11-18(23)24-2)17-10-14(12-5-7-20-8-6-12)15-9-13(19)3-4-16(15)21-17/h3-10H,11H2,1-2H3. The van der Waals surface area contributed by atoms with Gasteiger partial charge in [-0.15, -0.1) is 0 Å². The Balaban J connectivity index is 2.16. The van der Waals surface area contributed by atoms with E-state index in [4.69, 9.17) is 4.74 Å². The lowest BCUT2D eigenvalue weighted by atomic mass is 10.0. The zero-order valence-corrected chi connectivity index (χ0v) is 15.5. The van der Waals surface area contributed by atoms with Crippen molar-refractivity contribution in [3.8, 4) is 11.1 Å². The molecule has 0 aliphatic carbocycles. The topological polar surface area (TPSA) is 55.3 Å². The molecule has 2 aromatic heterocycles. The van der Waals surface area contributed by atoms with Gasteiger partial charge < -0.3 is 9.64 Å². The molecule has 0 amide bonds. The van der Waals surface area contributed by atoms with Crippen LogP contribution in [0.5, 0.6) is 0 Å². The molecule has 0 aliphatic rings. The Morgan fingerprint density at radius 1 is 1.21 bits per heavy atom. The van der Waals surface area contributed by atoms with Crippen molar-refractivity contribution in [2.75, 3.05) is 25.6 Å². The van der Waals surface area contributed by atoms with Gasteiger partial charge in [0.2, 0.25) is 0 Å². The summed E-state index contributed by atoms with van der Waals surface area (Å²) >= 11 is 2.30. The van der Waals surface area contributed by atoms with E-state index in [-0.39, 0.29) is 12.5 Å². The van der Waals surface area contributed by atoms with Crippen LogP contribution in [0.25, 0.3) is 22.0 Å². The molecule has 0 spiro atoms. The number of hydrogen-bond acceptors (Lipinski definition) is 5. The van der Waals surface area contributed by atoms with Gasteiger partial charge in [-0.25, -0.2) is 4.98 Å². The van der Waals surface area contributed by atoms with Crippen LogP contribution in [0.4, 0.5) is 5.82 Å². The number of ether oxygens (including phenoxy) is 1. The molecule has 0 atom stereocenters. The lowest BCUT2D eigenvalue weighted by Gasteiger charge is -2.19. The first-order chi connectivity index (χ1) is 11.6.